The van der Waals surface area contributed by atoms with Gasteiger partial charge in [-0.3, -0.25) is 0 Å². The summed E-state index contributed by atoms with van der Waals surface area (Å²) in [6.45, 7) is 3.38. The van der Waals surface area contributed by atoms with Crippen molar-refractivity contribution in [3.8, 4) is 0 Å². The third kappa shape index (κ3) is 2.55. The topological polar surface area (TPSA) is 55.6 Å². The van der Waals surface area contributed by atoms with E-state index >= 15 is 0 Å². The zero-order chi connectivity index (χ0) is 11.6. The van der Waals surface area contributed by atoms with Gasteiger partial charge in [-0.15, -0.1) is 10.2 Å². The highest BCUT2D eigenvalue weighted by Gasteiger charge is 2.36. The number of halogens is 1. The Morgan fingerprint density at radius 1 is 1.62 bits per heavy atom. The first-order valence-corrected chi connectivity index (χ1v) is 5.70. The Balaban J connectivity index is 2.00. The highest BCUT2D eigenvalue weighted by atomic mass is 19.1. The van der Waals surface area contributed by atoms with Crippen LogP contribution < -0.4 is 5.32 Å². The summed E-state index contributed by atoms with van der Waals surface area (Å²) in [6, 6.07) is 0. The lowest BCUT2D eigenvalue weighted by Crippen LogP contribution is -2.43. The number of rotatable bonds is 3. The summed E-state index contributed by atoms with van der Waals surface area (Å²) in [6.07, 6.45) is 2.21. The number of nitrogens with zero attached hydrogens (tertiary/aromatic N) is 4. The fourth-order valence-corrected chi connectivity index (χ4v) is 2.21. The van der Waals surface area contributed by atoms with Crippen LogP contribution in [0.15, 0.2) is 0 Å². The molecule has 2 heterocycles. The molecule has 2 unspecified atom stereocenters. The Morgan fingerprint density at radius 3 is 3.00 bits per heavy atom. The summed E-state index contributed by atoms with van der Waals surface area (Å²) in [4.78, 5) is 1.37. The number of aromatic nitrogens is 4. The van der Waals surface area contributed by atoms with Crippen molar-refractivity contribution in [2.24, 2.45) is 13.0 Å². The molecular formula is C10H18FN5. The van der Waals surface area contributed by atoms with Crippen LogP contribution in [0.3, 0.4) is 0 Å². The van der Waals surface area contributed by atoms with E-state index in [-0.39, 0.29) is 12.3 Å². The smallest absolute Gasteiger partial charge is 0.177 e. The van der Waals surface area contributed by atoms with Crippen molar-refractivity contribution in [3.63, 3.8) is 0 Å². The summed E-state index contributed by atoms with van der Waals surface area (Å²) in [5, 5.41) is 14.8. The molecule has 6 heteroatoms. The van der Waals surface area contributed by atoms with Crippen molar-refractivity contribution in [1.29, 1.82) is 0 Å². The van der Waals surface area contributed by atoms with E-state index < -0.39 is 5.67 Å². The highest BCUT2D eigenvalue weighted by molar-refractivity contribution is 4.94. The van der Waals surface area contributed by atoms with Gasteiger partial charge in [0.05, 0.1) is 7.05 Å². The van der Waals surface area contributed by atoms with E-state index in [0.29, 0.717) is 5.82 Å². The first kappa shape index (κ1) is 11.4. The maximum Gasteiger partial charge on any atom is 0.177 e. The van der Waals surface area contributed by atoms with Gasteiger partial charge in [-0.25, -0.2) is 4.39 Å². The lowest BCUT2D eigenvalue weighted by molar-refractivity contribution is 0.0811. The van der Waals surface area contributed by atoms with Crippen molar-refractivity contribution in [3.05, 3.63) is 5.82 Å². The average molecular weight is 227 g/mol. The molecule has 1 N–H and O–H groups in total. The Morgan fingerprint density at radius 2 is 2.44 bits per heavy atom. The summed E-state index contributed by atoms with van der Waals surface area (Å²) in [7, 11) is 1.69. The van der Waals surface area contributed by atoms with Gasteiger partial charge in [0.15, 0.2) is 5.82 Å². The fraction of sp³-hybridized carbons (Fsp3) is 0.900. The fourth-order valence-electron chi connectivity index (χ4n) is 2.21. The van der Waals surface area contributed by atoms with Gasteiger partial charge in [0.25, 0.3) is 0 Å². The van der Waals surface area contributed by atoms with Gasteiger partial charge in [0.2, 0.25) is 0 Å². The van der Waals surface area contributed by atoms with Gasteiger partial charge in [-0.1, -0.05) is 0 Å². The number of aryl methyl sites for hydroxylation is 1. The minimum atomic E-state index is -1.25. The van der Waals surface area contributed by atoms with Gasteiger partial charge in [-0.05, 0) is 31.5 Å². The third-order valence-electron chi connectivity index (χ3n) is 3.20. The summed E-state index contributed by atoms with van der Waals surface area (Å²) < 4.78 is 14.5. The molecule has 90 valence electrons. The van der Waals surface area contributed by atoms with E-state index in [1.165, 1.54) is 4.80 Å². The van der Waals surface area contributed by atoms with Gasteiger partial charge in [-0.2, -0.15) is 4.80 Å². The zero-order valence-electron chi connectivity index (χ0n) is 9.78. The van der Waals surface area contributed by atoms with Crippen LogP contribution in [0.5, 0.6) is 0 Å². The average Bonchev–Trinajstić information content (AvgIpc) is 2.64. The summed E-state index contributed by atoms with van der Waals surface area (Å²) in [5.74, 6) is 0.531. The molecule has 2 atom stereocenters. The van der Waals surface area contributed by atoms with Crippen molar-refractivity contribution in [1.82, 2.24) is 25.5 Å². The van der Waals surface area contributed by atoms with E-state index in [9.17, 15) is 4.39 Å². The normalized spacial score (nSPS) is 25.3. The summed E-state index contributed by atoms with van der Waals surface area (Å²) >= 11 is 0. The molecule has 5 nitrogen and oxygen atoms in total. The number of nitrogens with one attached hydrogen (secondary N) is 1. The Hall–Kier alpha value is -1.04. The molecule has 0 aliphatic carbocycles. The van der Waals surface area contributed by atoms with E-state index in [2.05, 4.69) is 20.7 Å². The number of hydrogen-bond donors (Lipinski definition) is 1. The number of hydrogen-bond acceptors (Lipinski definition) is 4. The molecule has 0 bridgehead atoms. The number of piperidine rings is 1. The molecule has 1 fully saturated rings. The zero-order valence-corrected chi connectivity index (χ0v) is 9.78. The minimum absolute atomic E-state index is 0.0463. The first-order valence-electron chi connectivity index (χ1n) is 5.70. The molecule has 1 aliphatic rings. The molecular weight excluding hydrogens is 209 g/mol. The highest BCUT2D eigenvalue weighted by Crippen LogP contribution is 2.30. The second-order valence-corrected chi connectivity index (χ2v) is 4.69. The molecule has 1 aromatic rings. The van der Waals surface area contributed by atoms with Crippen LogP contribution in [0.4, 0.5) is 4.39 Å². The number of tetrazole rings is 1. The van der Waals surface area contributed by atoms with Crippen LogP contribution in [0, 0.1) is 5.92 Å². The van der Waals surface area contributed by atoms with Crippen LogP contribution in [0.1, 0.15) is 25.6 Å². The van der Waals surface area contributed by atoms with E-state index in [0.717, 1.165) is 25.9 Å². The van der Waals surface area contributed by atoms with E-state index in [1.807, 2.05) is 0 Å². The Kier molecular flexibility index (Phi) is 3.18. The van der Waals surface area contributed by atoms with Crippen molar-refractivity contribution >= 4 is 0 Å². The number of alkyl halides is 1. The SMILES string of the molecule is Cn1nnc(CC(C)(F)C2CCCNC2)n1. The van der Waals surface area contributed by atoms with Crippen LogP contribution >= 0.6 is 0 Å². The predicted octanol–water partition coefficient (Wildman–Crippen LogP) is 0.480. The largest absolute Gasteiger partial charge is 0.316 e. The molecule has 0 spiro atoms. The molecule has 1 aromatic heterocycles. The molecule has 2 rings (SSSR count). The monoisotopic (exact) mass is 227 g/mol. The van der Waals surface area contributed by atoms with E-state index in [1.54, 1.807) is 14.0 Å². The van der Waals surface area contributed by atoms with Crippen molar-refractivity contribution in [2.75, 3.05) is 13.1 Å². The molecule has 0 aromatic carbocycles. The van der Waals surface area contributed by atoms with Crippen molar-refractivity contribution in [2.45, 2.75) is 31.9 Å². The van der Waals surface area contributed by atoms with Gasteiger partial charge >= 0.3 is 0 Å². The quantitative estimate of drug-likeness (QED) is 0.816. The Bertz CT molecular complexity index is 343. The van der Waals surface area contributed by atoms with Crippen LogP contribution in [-0.4, -0.2) is 39.0 Å². The van der Waals surface area contributed by atoms with Gasteiger partial charge in [0.1, 0.15) is 5.67 Å². The molecule has 0 amide bonds. The second kappa shape index (κ2) is 4.45. The molecule has 0 radical (unpaired) electrons. The molecule has 1 saturated heterocycles. The third-order valence-corrected chi connectivity index (χ3v) is 3.20. The maximum absolute atomic E-state index is 14.5. The molecule has 16 heavy (non-hydrogen) atoms. The standard InChI is InChI=1S/C10H18FN5/c1-10(11,8-4-3-5-12-7-8)6-9-13-15-16(2)14-9/h8,12H,3-7H2,1-2H3. The van der Waals surface area contributed by atoms with Crippen LogP contribution in [0.25, 0.3) is 0 Å². The van der Waals surface area contributed by atoms with Crippen LogP contribution in [-0.2, 0) is 13.5 Å². The lowest BCUT2D eigenvalue weighted by atomic mass is 9.82. The molecule has 0 saturated carbocycles. The van der Waals surface area contributed by atoms with Gasteiger partial charge in [0, 0.05) is 18.9 Å². The minimum Gasteiger partial charge on any atom is -0.316 e. The van der Waals surface area contributed by atoms with E-state index in [4.69, 9.17) is 0 Å². The van der Waals surface area contributed by atoms with Crippen molar-refractivity contribution < 1.29 is 4.39 Å². The molecule has 1 aliphatic heterocycles. The first-order chi connectivity index (χ1) is 7.58. The van der Waals surface area contributed by atoms with Gasteiger partial charge < -0.3 is 5.32 Å². The maximum atomic E-state index is 14.5. The predicted molar refractivity (Wildman–Crippen MR) is 57.6 cm³/mol. The summed E-state index contributed by atoms with van der Waals surface area (Å²) in [5.41, 5.74) is -1.25. The second-order valence-electron chi connectivity index (χ2n) is 4.69. The van der Waals surface area contributed by atoms with Crippen LogP contribution in [0.2, 0.25) is 0 Å². The Labute approximate surface area is 94.4 Å². The lowest BCUT2D eigenvalue weighted by Gasteiger charge is -2.33.